The molecule has 1 aliphatic rings. The van der Waals surface area contributed by atoms with Crippen LogP contribution in [0.5, 0.6) is 0 Å². The molecule has 0 spiro atoms. The molecule has 7 nitrogen and oxygen atoms in total. The van der Waals surface area contributed by atoms with Crippen molar-refractivity contribution in [3.63, 3.8) is 0 Å². The van der Waals surface area contributed by atoms with E-state index in [1.807, 2.05) is 28.9 Å². The van der Waals surface area contributed by atoms with Crippen molar-refractivity contribution in [2.45, 2.75) is 25.9 Å². The monoisotopic (exact) mass is 343 g/mol. The molecular formula is C18H25N5O2. The molecule has 1 aliphatic heterocycles. The number of carbonyl (C=O) groups is 1. The van der Waals surface area contributed by atoms with Crippen LogP contribution in [0, 0.1) is 0 Å². The van der Waals surface area contributed by atoms with Gasteiger partial charge < -0.3 is 9.64 Å². The quantitative estimate of drug-likeness (QED) is 0.744. The van der Waals surface area contributed by atoms with E-state index in [0.717, 1.165) is 44.8 Å². The number of carbonyl (C=O) groups excluding carboxylic acids is 1. The van der Waals surface area contributed by atoms with Crippen LogP contribution in [-0.4, -0.2) is 65.0 Å². The average molecular weight is 343 g/mol. The Morgan fingerprint density at radius 3 is 2.68 bits per heavy atom. The number of anilines is 1. The fourth-order valence-electron chi connectivity index (χ4n) is 3.27. The van der Waals surface area contributed by atoms with Gasteiger partial charge in [0.25, 0.3) is 0 Å². The highest BCUT2D eigenvalue weighted by Gasteiger charge is 2.23. The Labute approximate surface area is 148 Å². The Morgan fingerprint density at radius 1 is 1.24 bits per heavy atom. The van der Waals surface area contributed by atoms with Gasteiger partial charge in [-0.05, 0) is 37.6 Å². The number of esters is 1. The van der Waals surface area contributed by atoms with Gasteiger partial charge in [-0.3, -0.25) is 9.58 Å². The van der Waals surface area contributed by atoms with Gasteiger partial charge in [0.05, 0.1) is 12.7 Å². The first-order valence-electron chi connectivity index (χ1n) is 8.67. The number of hydrogen-bond donors (Lipinski definition) is 0. The summed E-state index contributed by atoms with van der Waals surface area (Å²) in [5.74, 6) is -0.294. The number of piperazine rings is 1. The van der Waals surface area contributed by atoms with Crippen molar-refractivity contribution in [3.8, 4) is 0 Å². The second-order valence-corrected chi connectivity index (χ2v) is 6.38. The summed E-state index contributed by atoms with van der Waals surface area (Å²) in [7, 11) is 1.40. The molecule has 1 atom stereocenters. The molecule has 2 aromatic rings. The van der Waals surface area contributed by atoms with Crippen LogP contribution in [0.1, 0.15) is 23.7 Å². The fourth-order valence-corrected chi connectivity index (χ4v) is 3.27. The van der Waals surface area contributed by atoms with Crippen molar-refractivity contribution < 1.29 is 9.53 Å². The summed E-state index contributed by atoms with van der Waals surface area (Å²) in [4.78, 5) is 20.4. The zero-order valence-electron chi connectivity index (χ0n) is 14.8. The predicted octanol–water partition coefficient (Wildman–Crippen LogP) is 1.67. The second-order valence-electron chi connectivity index (χ2n) is 6.38. The largest absolute Gasteiger partial charge is 0.465 e. The molecule has 3 rings (SSSR count). The van der Waals surface area contributed by atoms with E-state index in [2.05, 4.69) is 26.8 Å². The molecule has 0 bridgehead atoms. The van der Waals surface area contributed by atoms with Gasteiger partial charge in [0, 0.05) is 44.5 Å². The van der Waals surface area contributed by atoms with Crippen molar-refractivity contribution in [2.24, 2.45) is 0 Å². The number of hydrogen-bond acceptors (Lipinski definition) is 6. The van der Waals surface area contributed by atoms with E-state index in [1.165, 1.54) is 7.11 Å². The Morgan fingerprint density at radius 2 is 2.04 bits per heavy atom. The molecule has 134 valence electrons. The highest BCUT2D eigenvalue weighted by molar-refractivity contribution is 5.89. The van der Waals surface area contributed by atoms with E-state index < -0.39 is 0 Å². The van der Waals surface area contributed by atoms with Crippen LogP contribution in [-0.2, 0) is 11.3 Å². The second kappa shape index (κ2) is 8.11. The van der Waals surface area contributed by atoms with Crippen LogP contribution in [0.3, 0.4) is 0 Å². The molecule has 0 radical (unpaired) electrons. The molecule has 25 heavy (non-hydrogen) atoms. The SMILES string of the molecule is COC(=O)c1ccc(N2CCN(CCCn3cncn3)C(C)C2)cc1. The van der Waals surface area contributed by atoms with Crippen molar-refractivity contribution in [1.29, 1.82) is 0 Å². The Bertz CT molecular complexity index is 671. The standard InChI is InChI=1S/C18H25N5O2/c1-15-12-22(17-6-4-16(5-7-17)18(24)25-2)11-10-21(15)8-3-9-23-14-19-13-20-23/h4-7,13-15H,3,8-12H2,1-2H3. The highest BCUT2D eigenvalue weighted by Crippen LogP contribution is 2.20. The minimum Gasteiger partial charge on any atom is -0.465 e. The van der Waals surface area contributed by atoms with Gasteiger partial charge in [-0.1, -0.05) is 0 Å². The van der Waals surface area contributed by atoms with Gasteiger partial charge >= 0.3 is 5.97 Å². The first-order valence-corrected chi connectivity index (χ1v) is 8.67. The molecular weight excluding hydrogens is 318 g/mol. The lowest BCUT2D eigenvalue weighted by Crippen LogP contribution is -2.52. The molecule has 0 N–H and O–H groups in total. The van der Waals surface area contributed by atoms with E-state index >= 15 is 0 Å². The van der Waals surface area contributed by atoms with Crippen molar-refractivity contribution in [1.82, 2.24) is 19.7 Å². The number of ether oxygens (including phenoxy) is 1. The molecule has 0 amide bonds. The van der Waals surface area contributed by atoms with E-state index in [1.54, 1.807) is 12.7 Å². The van der Waals surface area contributed by atoms with Gasteiger partial charge in [0.2, 0.25) is 0 Å². The van der Waals surface area contributed by atoms with E-state index in [0.29, 0.717) is 11.6 Å². The number of rotatable bonds is 6. The van der Waals surface area contributed by atoms with Crippen LogP contribution in [0.15, 0.2) is 36.9 Å². The van der Waals surface area contributed by atoms with Gasteiger partial charge in [-0.15, -0.1) is 0 Å². The van der Waals surface area contributed by atoms with Crippen molar-refractivity contribution in [3.05, 3.63) is 42.5 Å². The molecule has 7 heteroatoms. The maximum Gasteiger partial charge on any atom is 0.337 e. The number of methoxy groups -OCH3 is 1. The summed E-state index contributed by atoms with van der Waals surface area (Å²) in [6.45, 7) is 7.26. The smallest absolute Gasteiger partial charge is 0.337 e. The lowest BCUT2D eigenvalue weighted by molar-refractivity contribution is 0.0600. The van der Waals surface area contributed by atoms with Crippen LogP contribution < -0.4 is 4.90 Å². The topological polar surface area (TPSA) is 63.5 Å². The summed E-state index contributed by atoms with van der Waals surface area (Å²) in [6.07, 6.45) is 4.41. The summed E-state index contributed by atoms with van der Waals surface area (Å²) < 4.78 is 6.63. The van der Waals surface area contributed by atoms with Gasteiger partial charge in [-0.25, -0.2) is 9.78 Å². The number of aryl methyl sites for hydroxylation is 1. The summed E-state index contributed by atoms with van der Waals surface area (Å²) in [6, 6.07) is 8.15. The molecule has 1 aromatic carbocycles. The van der Waals surface area contributed by atoms with E-state index in [9.17, 15) is 4.79 Å². The van der Waals surface area contributed by atoms with Crippen molar-refractivity contribution >= 4 is 11.7 Å². The zero-order chi connectivity index (χ0) is 17.6. The highest BCUT2D eigenvalue weighted by atomic mass is 16.5. The third-order valence-electron chi connectivity index (χ3n) is 4.72. The molecule has 1 unspecified atom stereocenters. The Balaban J connectivity index is 1.50. The predicted molar refractivity (Wildman–Crippen MR) is 95.7 cm³/mol. The summed E-state index contributed by atoms with van der Waals surface area (Å²) in [5, 5.41) is 4.14. The van der Waals surface area contributed by atoms with Crippen LogP contribution in [0.25, 0.3) is 0 Å². The van der Waals surface area contributed by atoms with Crippen molar-refractivity contribution in [2.75, 3.05) is 38.2 Å². The molecule has 1 fully saturated rings. The molecule has 0 aliphatic carbocycles. The number of nitrogens with zero attached hydrogens (tertiary/aromatic N) is 5. The first kappa shape index (κ1) is 17.4. The third kappa shape index (κ3) is 4.36. The fraction of sp³-hybridized carbons (Fsp3) is 0.500. The lowest BCUT2D eigenvalue weighted by Gasteiger charge is -2.41. The molecule has 1 saturated heterocycles. The maximum atomic E-state index is 11.5. The molecule has 2 heterocycles. The van der Waals surface area contributed by atoms with Gasteiger partial charge in [0.15, 0.2) is 0 Å². The number of aromatic nitrogens is 3. The lowest BCUT2D eigenvalue weighted by atomic mass is 10.1. The zero-order valence-corrected chi connectivity index (χ0v) is 14.8. The minimum absolute atomic E-state index is 0.294. The maximum absolute atomic E-state index is 11.5. The van der Waals surface area contributed by atoms with Crippen LogP contribution >= 0.6 is 0 Å². The van der Waals surface area contributed by atoms with Crippen LogP contribution in [0.4, 0.5) is 5.69 Å². The summed E-state index contributed by atoms with van der Waals surface area (Å²) in [5.41, 5.74) is 1.74. The molecule has 1 aromatic heterocycles. The normalized spacial score (nSPS) is 18.3. The molecule has 0 saturated carbocycles. The van der Waals surface area contributed by atoms with Gasteiger partial charge in [-0.2, -0.15) is 5.10 Å². The van der Waals surface area contributed by atoms with Gasteiger partial charge in [0.1, 0.15) is 12.7 Å². The average Bonchev–Trinajstić information content (AvgIpc) is 3.16. The number of benzene rings is 1. The van der Waals surface area contributed by atoms with E-state index in [4.69, 9.17) is 4.74 Å². The Kier molecular flexibility index (Phi) is 5.65. The summed E-state index contributed by atoms with van der Waals surface area (Å²) >= 11 is 0. The third-order valence-corrected chi connectivity index (χ3v) is 4.72. The first-order chi connectivity index (χ1) is 12.2. The minimum atomic E-state index is -0.294. The van der Waals surface area contributed by atoms with Crippen LogP contribution in [0.2, 0.25) is 0 Å². The van der Waals surface area contributed by atoms with E-state index in [-0.39, 0.29) is 5.97 Å². The Hall–Kier alpha value is -2.41.